The fourth-order valence-electron chi connectivity index (χ4n) is 2.66. The minimum absolute atomic E-state index is 0.00449. The van der Waals surface area contributed by atoms with Crippen molar-refractivity contribution in [2.45, 2.75) is 65.1 Å². The highest BCUT2D eigenvalue weighted by molar-refractivity contribution is 6.04. The van der Waals surface area contributed by atoms with E-state index in [-0.39, 0.29) is 18.5 Å². The first-order valence-corrected chi connectivity index (χ1v) is 8.82. The molecule has 3 heterocycles. The van der Waals surface area contributed by atoms with Gasteiger partial charge in [0.15, 0.2) is 5.82 Å². The lowest BCUT2D eigenvalue weighted by molar-refractivity contribution is -0.127. The predicted molar refractivity (Wildman–Crippen MR) is 89.9 cm³/mol. The number of urea groups is 1. The van der Waals surface area contributed by atoms with Gasteiger partial charge in [0.05, 0.1) is 12.2 Å². The number of amides is 3. The van der Waals surface area contributed by atoms with Gasteiger partial charge in [-0.25, -0.2) is 9.48 Å². The van der Waals surface area contributed by atoms with Crippen molar-refractivity contribution in [2.75, 3.05) is 0 Å². The molecule has 0 unspecified atom stereocenters. The van der Waals surface area contributed by atoms with E-state index < -0.39 is 12.1 Å². The minimum Gasteiger partial charge on any atom is -0.339 e. The molecular formula is C16H23N7O3. The molecule has 0 aliphatic carbocycles. The molecule has 10 heteroatoms. The van der Waals surface area contributed by atoms with Gasteiger partial charge in [-0.15, -0.1) is 5.10 Å². The number of rotatable bonds is 8. The van der Waals surface area contributed by atoms with Gasteiger partial charge in [0.2, 0.25) is 5.89 Å². The largest absolute Gasteiger partial charge is 0.339 e. The van der Waals surface area contributed by atoms with Crippen LogP contribution in [0.15, 0.2) is 10.7 Å². The van der Waals surface area contributed by atoms with E-state index in [4.69, 9.17) is 4.52 Å². The second kappa shape index (κ2) is 7.63. The molecule has 0 radical (unpaired) electrons. The Bertz CT molecular complexity index is 782. The van der Waals surface area contributed by atoms with E-state index in [9.17, 15) is 9.59 Å². The van der Waals surface area contributed by atoms with Crippen molar-refractivity contribution in [1.29, 1.82) is 0 Å². The molecule has 2 aromatic rings. The Morgan fingerprint density at radius 3 is 2.85 bits per heavy atom. The van der Waals surface area contributed by atoms with Gasteiger partial charge >= 0.3 is 6.03 Å². The predicted octanol–water partition coefficient (Wildman–Crippen LogP) is 1.25. The first kappa shape index (κ1) is 18.0. The molecule has 0 bridgehead atoms. The van der Waals surface area contributed by atoms with Crippen LogP contribution < -0.4 is 5.32 Å². The maximum atomic E-state index is 12.5. The number of nitrogens with one attached hydrogen (secondary N) is 1. The Morgan fingerprint density at radius 2 is 2.15 bits per heavy atom. The molecule has 1 aliphatic heterocycles. The summed E-state index contributed by atoms with van der Waals surface area (Å²) in [4.78, 5) is 30.0. The smallest absolute Gasteiger partial charge is 0.325 e. The Balaban J connectivity index is 1.62. The van der Waals surface area contributed by atoms with Crippen molar-refractivity contribution in [3.63, 3.8) is 0 Å². The zero-order chi connectivity index (χ0) is 18.7. The second-order valence-electron chi connectivity index (χ2n) is 6.62. The lowest BCUT2D eigenvalue weighted by atomic mass is 10.1. The number of unbranched alkanes of at least 4 members (excludes halogenated alkanes) is 1. The zero-order valence-corrected chi connectivity index (χ0v) is 15.2. The molecule has 140 valence electrons. The molecule has 10 nitrogen and oxygen atoms in total. The monoisotopic (exact) mass is 361 g/mol. The molecule has 2 aromatic heterocycles. The topological polar surface area (TPSA) is 119 Å². The summed E-state index contributed by atoms with van der Waals surface area (Å²) in [6.07, 6.45) is 4.74. The number of aryl methyl sites for hydroxylation is 1. The number of carbonyl (C=O) groups is 2. The van der Waals surface area contributed by atoms with Gasteiger partial charge in [-0.2, -0.15) is 4.98 Å². The van der Waals surface area contributed by atoms with Crippen molar-refractivity contribution < 1.29 is 14.1 Å². The van der Waals surface area contributed by atoms with Crippen molar-refractivity contribution in [1.82, 2.24) is 35.4 Å². The van der Waals surface area contributed by atoms with Gasteiger partial charge < -0.3 is 9.84 Å². The molecule has 1 fully saturated rings. The van der Waals surface area contributed by atoms with Crippen LogP contribution in [0.1, 0.15) is 57.1 Å². The van der Waals surface area contributed by atoms with E-state index in [2.05, 4.69) is 32.7 Å². The number of aromatic nitrogens is 5. The molecule has 1 saturated heterocycles. The molecule has 26 heavy (non-hydrogen) atoms. The van der Waals surface area contributed by atoms with Gasteiger partial charge in [-0.1, -0.05) is 23.7 Å². The lowest BCUT2D eigenvalue weighted by Gasteiger charge is -2.09. The molecule has 3 rings (SSSR count). The fraction of sp³-hybridized carbons (Fsp3) is 0.625. The Hall–Kier alpha value is -2.78. The number of nitrogens with zero attached hydrogens (tertiary/aromatic N) is 6. The van der Waals surface area contributed by atoms with Crippen LogP contribution in [0.5, 0.6) is 0 Å². The van der Waals surface area contributed by atoms with Crippen LogP contribution >= 0.6 is 0 Å². The highest BCUT2D eigenvalue weighted by Crippen LogP contribution is 2.14. The Kier molecular flexibility index (Phi) is 5.29. The second-order valence-corrected chi connectivity index (χ2v) is 6.62. The normalized spacial score (nSPS) is 17.4. The third-order valence-corrected chi connectivity index (χ3v) is 4.16. The molecule has 1 aliphatic rings. The standard InChI is InChI=1S/C16H23N7O3/c1-4-5-6-14-18-13(20-26-14)9-22-15(24)12(17-16(22)25)7-11-8-23(10(2)3)21-19-11/h8,10,12H,4-7,9H2,1-3H3,(H,17,25)/t12-/m1/s1. The van der Waals surface area contributed by atoms with E-state index in [1.165, 1.54) is 0 Å². The maximum Gasteiger partial charge on any atom is 0.325 e. The fourth-order valence-corrected chi connectivity index (χ4v) is 2.66. The van der Waals surface area contributed by atoms with Gasteiger partial charge in [-0.05, 0) is 20.3 Å². The average molecular weight is 361 g/mol. The molecule has 1 atom stereocenters. The van der Waals surface area contributed by atoms with Gasteiger partial charge in [0.1, 0.15) is 6.04 Å². The van der Waals surface area contributed by atoms with E-state index in [1.807, 2.05) is 13.8 Å². The number of hydrogen-bond acceptors (Lipinski definition) is 7. The molecule has 0 saturated carbocycles. The van der Waals surface area contributed by atoms with Crippen molar-refractivity contribution in [3.8, 4) is 0 Å². The van der Waals surface area contributed by atoms with E-state index in [1.54, 1.807) is 10.9 Å². The van der Waals surface area contributed by atoms with Gasteiger partial charge in [-0.3, -0.25) is 9.69 Å². The summed E-state index contributed by atoms with van der Waals surface area (Å²) in [5.74, 6) is 0.524. The molecular weight excluding hydrogens is 338 g/mol. The van der Waals surface area contributed by atoms with Crippen LogP contribution in [0, 0.1) is 0 Å². The number of carbonyl (C=O) groups excluding carboxylic acids is 2. The van der Waals surface area contributed by atoms with Crippen molar-refractivity contribution in [3.05, 3.63) is 23.6 Å². The summed E-state index contributed by atoms with van der Waals surface area (Å²) in [7, 11) is 0. The van der Waals surface area contributed by atoms with Gasteiger partial charge in [0, 0.05) is 25.1 Å². The van der Waals surface area contributed by atoms with Crippen LogP contribution in [0.3, 0.4) is 0 Å². The quantitative estimate of drug-likeness (QED) is 0.703. The molecule has 1 N–H and O–H groups in total. The summed E-state index contributed by atoms with van der Waals surface area (Å²) in [6, 6.07) is -0.941. The van der Waals surface area contributed by atoms with E-state index >= 15 is 0 Å². The third kappa shape index (κ3) is 3.89. The molecule has 0 spiro atoms. The first-order chi connectivity index (χ1) is 12.5. The molecule has 0 aromatic carbocycles. The van der Waals surface area contributed by atoms with Crippen LogP contribution in [0.25, 0.3) is 0 Å². The van der Waals surface area contributed by atoms with Gasteiger partial charge in [0.25, 0.3) is 5.91 Å². The summed E-state index contributed by atoms with van der Waals surface area (Å²) in [5.41, 5.74) is 0.653. The highest BCUT2D eigenvalue weighted by Gasteiger charge is 2.39. The summed E-state index contributed by atoms with van der Waals surface area (Å²) in [6.45, 7) is 6.05. The molecule has 3 amide bonds. The van der Waals surface area contributed by atoms with Crippen LogP contribution in [0.4, 0.5) is 4.79 Å². The minimum atomic E-state index is -0.661. The average Bonchev–Trinajstić information content (AvgIpc) is 3.30. The van der Waals surface area contributed by atoms with E-state index in [0.29, 0.717) is 30.3 Å². The lowest BCUT2D eigenvalue weighted by Crippen LogP contribution is -2.32. The van der Waals surface area contributed by atoms with E-state index in [0.717, 1.165) is 17.7 Å². The van der Waals surface area contributed by atoms with Crippen LogP contribution in [0.2, 0.25) is 0 Å². The van der Waals surface area contributed by atoms with Crippen molar-refractivity contribution in [2.24, 2.45) is 0 Å². The highest BCUT2D eigenvalue weighted by atomic mass is 16.5. The Labute approximate surface area is 150 Å². The third-order valence-electron chi connectivity index (χ3n) is 4.16. The number of hydrogen-bond donors (Lipinski definition) is 1. The van der Waals surface area contributed by atoms with Crippen LogP contribution in [-0.4, -0.2) is 48.0 Å². The van der Waals surface area contributed by atoms with Crippen LogP contribution in [-0.2, 0) is 24.2 Å². The number of imide groups is 1. The zero-order valence-electron chi connectivity index (χ0n) is 15.2. The Morgan fingerprint density at radius 1 is 1.35 bits per heavy atom. The van der Waals surface area contributed by atoms with Crippen molar-refractivity contribution >= 4 is 11.9 Å². The SMILES string of the molecule is CCCCc1nc(CN2C(=O)N[C@H](Cc3cn(C(C)C)nn3)C2=O)no1. The summed E-state index contributed by atoms with van der Waals surface area (Å²) >= 11 is 0. The maximum absolute atomic E-state index is 12.5. The summed E-state index contributed by atoms with van der Waals surface area (Å²) in [5, 5.41) is 14.6. The first-order valence-electron chi connectivity index (χ1n) is 8.82. The summed E-state index contributed by atoms with van der Waals surface area (Å²) < 4.78 is 6.86.